The minimum atomic E-state index is -4.79. The molecule has 4 atom stereocenters. The Morgan fingerprint density at radius 2 is 1.86 bits per heavy atom. The average molecular weight is 230 g/mol. The van der Waals surface area contributed by atoms with Crippen molar-refractivity contribution < 1.29 is 38.9 Å². The Kier molecular flexibility index (Phi) is 3.62. The fraction of sp³-hybridized carbons (Fsp3) is 1.00. The first-order chi connectivity index (χ1) is 6.35. The van der Waals surface area contributed by atoms with E-state index in [9.17, 15) is 4.57 Å². The standard InChI is InChI=1S/C5H11O8P/c6-1-2-3(7)4(8)5(12-2)13-14(9,10)11/h2-8H,1H2,(H2,9,10,11)/t2-,3+,4-,5?/m1/s1. The molecule has 1 heterocycles. The molecular weight excluding hydrogens is 219 g/mol. The second-order valence-electron chi connectivity index (χ2n) is 2.80. The van der Waals surface area contributed by atoms with Crippen LogP contribution in [-0.4, -0.2) is 56.3 Å². The molecule has 5 N–H and O–H groups in total. The second kappa shape index (κ2) is 4.21. The Labute approximate surface area is 78.9 Å². The zero-order valence-corrected chi connectivity index (χ0v) is 7.82. The second-order valence-corrected chi connectivity index (χ2v) is 3.99. The molecule has 84 valence electrons. The summed E-state index contributed by atoms with van der Waals surface area (Å²) in [5, 5.41) is 26.9. The van der Waals surface area contributed by atoms with Gasteiger partial charge in [-0.3, -0.25) is 4.52 Å². The van der Waals surface area contributed by atoms with E-state index in [2.05, 4.69) is 9.26 Å². The molecule has 8 nitrogen and oxygen atoms in total. The van der Waals surface area contributed by atoms with Gasteiger partial charge >= 0.3 is 7.82 Å². The summed E-state index contributed by atoms with van der Waals surface area (Å²) in [7, 11) is -4.79. The predicted octanol–water partition coefficient (Wildman–Crippen LogP) is -2.47. The quantitative estimate of drug-likeness (QED) is 0.336. The van der Waals surface area contributed by atoms with Crippen molar-refractivity contribution in [2.24, 2.45) is 0 Å². The van der Waals surface area contributed by atoms with Gasteiger partial charge in [-0.25, -0.2) is 4.57 Å². The molecule has 0 aromatic rings. The Morgan fingerprint density at radius 3 is 2.21 bits per heavy atom. The Hall–Kier alpha value is -0.0500. The topological polar surface area (TPSA) is 137 Å². The molecule has 0 bridgehead atoms. The van der Waals surface area contributed by atoms with Gasteiger partial charge in [0, 0.05) is 0 Å². The molecule has 0 saturated carbocycles. The molecule has 0 aliphatic carbocycles. The molecule has 1 saturated heterocycles. The molecule has 9 heteroatoms. The highest BCUT2D eigenvalue weighted by atomic mass is 31.2. The third-order valence-corrected chi connectivity index (χ3v) is 2.22. The van der Waals surface area contributed by atoms with Crippen molar-refractivity contribution in [1.29, 1.82) is 0 Å². The number of rotatable bonds is 3. The summed E-state index contributed by atoms with van der Waals surface area (Å²) in [5.41, 5.74) is 0. The molecule has 0 radical (unpaired) electrons. The Balaban J connectivity index is 2.61. The molecule has 1 aliphatic rings. The number of aliphatic hydroxyl groups is 3. The number of ether oxygens (including phenoxy) is 1. The van der Waals surface area contributed by atoms with Crippen molar-refractivity contribution in [3.8, 4) is 0 Å². The van der Waals surface area contributed by atoms with E-state index < -0.39 is 39.0 Å². The number of aliphatic hydroxyl groups excluding tert-OH is 3. The summed E-state index contributed by atoms with van der Waals surface area (Å²) >= 11 is 0. The van der Waals surface area contributed by atoms with Gasteiger partial charge in [-0.1, -0.05) is 0 Å². The summed E-state index contributed by atoms with van der Waals surface area (Å²) in [6.45, 7) is -0.584. The van der Waals surface area contributed by atoms with Crippen LogP contribution in [0.5, 0.6) is 0 Å². The van der Waals surface area contributed by atoms with Crippen molar-refractivity contribution in [3.05, 3.63) is 0 Å². The first kappa shape index (κ1) is 12.0. The zero-order chi connectivity index (χ0) is 10.9. The monoisotopic (exact) mass is 230 g/mol. The summed E-state index contributed by atoms with van der Waals surface area (Å²) in [6.07, 6.45) is -5.78. The van der Waals surface area contributed by atoms with E-state index in [4.69, 9.17) is 25.1 Å². The molecule has 0 spiro atoms. The van der Waals surface area contributed by atoms with Gasteiger partial charge in [-0.15, -0.1) is 0 Å². The van der Waals surface area contributed by atoms with E-state index >= 15 is 0 Å². The van der Waals surface area contributed by atoms with Crippen LogP contribution in [0.1, 0.15) is 0 Å². The molecule has 14 heavy (non-hydrogen) atoms. The van der Waals surface area contributed by atoms with E-state index in [1.54, 1.807) is 0 Å². The van der Waals surface area contributed by atoms with Gasteiger partial charge in [0.15, 0.2) is 6.29 Å². The number of hydrogen-bond acceptors (Lipinski definition) is 6. The van der Waals surface area contributed by atoms with Crippen LogP contribution in [0.15, 0.2) is 0 Å². The van der Waals surface area contributed by atoms with E-state index in [1.165, 1.54) is 0 Å². The van der Waals surface area contributed by atoms with Crippen molar-refractivity contribution in [2.45, 2.75) is 24.6 Å². The lowest BCUT2D eigenvalue weighted by molar-refractivity contribution is -0.126. The summed E-state index contributed by atoms with van der Waals surface area (Å²) < 4.78 is 19.1. The molecule has 1 rings (SSSR count). The number of phosphoric ester groups is 1. The average Bonchev–Trinajstić information content (AvgIpc) is 2.30. The fourth-order valence-electron chi connectivity index (χ4n) is 1.09. The van der Waals surface area contributed by atoms with Gasteiger partial charge < -0.3 is 29.8 Å². The third kappa shape index (κ3) is 2.72. The van der Waals surface area contributed by atoms with Crippen LogP contribution in [0.3, 0.4) is 0 Å². The lowest BCUT2D eigenvalue weighted by atomic mass is 10.1. The Morgan fingerprint density at radius 1 is 1.29 bits per heavy atom. The molecule has 1 unspecified atom stereocenters. The van der Waals surface area contributed by atoms with Crippen LogP contribution < -0.4 is 0 Å². The number of hydrogen-bond donors (Lipinski definition) is 5. The first-order valence-corrected chi connectivity index (χ1v) is 5.24. The third-order valence-electron chi connectivity index (χ3n) is 1.74. The van der Waals surface area contributed by atoms with E-state index in [0.717, 1.165) is 0 Å². The van der Waals surface area contributed by atoms with Crippen LogP contribution in [0.2, 0.25) is 0 Å². The Bertz CT molecular complexity index is 238. The minimum absolute atomic E-state index is 0.584. The van der Waals surface area contributed by atoms with Crippen molar-refractivity contribution in [1.82, 2.24) is 0 Å². The van der Waals surface area contributed by atoms with Crippen LogP contribution >= 0.6 is 7.82 Å². The molecule has 0 aromatic heterocycles. The van der Waals surface area contributed by atoms with E-state index in [-0.39, 0.29) is 0 Å². The van der Waals surface area contributed by atoms with Gasteiger partial charge in [0.1, 0.15) is 18.3 Å². The molecular formula is C5H11O8P. The van der Waals surface area contributed by atoms with Crippen LogP contribution in [0.4, 0.5) is 0 Å². The molecule has 1 aliphatic heterocycles. The summed E-state index contributed by atoms with van der Waals surface area (Å²) in [4.78, 5) is 16.8. The van der Waals surface area contributed by atoms with E-state index in [0.29, 0.717) is 0 Å². The largest absolute Gasteiger partial charge is 0.472 e. The van der Waals surface area contributed by atoms with Crippen molar-refractivity contribution in [2.75, 3.05) is 6.61 Å². The molecule has 0 aromatic carbocycles. The van der Waals surface area contributed by atoms with Crippen LogP contribution in [0, 0.1) is 0 Å². The molecule has 0 amide bonds. The van der Waals surface area contributed by atoms with Gasteiger partial charge in [-0.05, 0) is 0 Å². The lowest BCUT2D eigenvalue weighted by Gasteiger charge is -2.15. The zero-order valence-electron chi connectivity index (χ0n) is 6.92. The minimum Gasteiger partial charge on any atom is -0.394 e. The summed E-state index contributed by atoms with van der Waals surface area (Å²) in [5.74, 6) is 0. The maximum Gasteiger partial charge on any atom is 0.472 e. The SMILES string of the molecule is O=P(O)(O)OC1O[C@H](CO)[C@H](O)[C@H]1O. The van der Waals surface area contributed by atoms with Gasteiger partial charge in [0.05, 0.1) is 6.61 Å². The smallest absolute Gasteiger partial charge is 0.394 e. The van der Waals surface area contributed by atoms with Crippen LogP contribution in [0.25, 0.3) is 0 Å². The fourth-order valence-corrected chi connectivity index (χ4v) is 1.53. The first-order valence-electron chi connectivity index (χ1n) is 3.71. The lowest BCUT2D eigenvalue weighted by Crippen LogP contribution is -2.34. The van der Waals surface area contributed by atoms with Gasteiger partial charge in [0.25, 0.3) is 0 Å². The predicted molar refractivity (Wildman–Crippen MR) is 40.9 cm³/mol. The number of phosphoric acid groups is 1. The van der Waals surface area contributed by atoms with Gasteiger partial charge in [-0.2, -0.15) is 0 Å². The highest BCUT2D eigenvalue weighted by Crippen LogP contribution is 2.40. The van der Waals surface area contributed by atoms with E-state index in [1.807, 2.05) is 0 Å². The van der Waals surface area contributed by atoms with Crippen LogP contribution in [-0.2, 0) is 13.8 Å². The van der Waals surface area contributed by atoms with Gasteiger partial charge in [0.2, 0.25) is 0 Å². The highest BCUT2D eigenvalue weighted by Gasteiger charge is 2.45. The normalized spacial score (nSPS) is 38.9. The highest BCUT2D eigenvalue weighted by molar-refractivity contribution is 7.46. The maximum atomic E-state index is 10.4. The summed E-state index contributed by atoms with van der Waals surface area (Å²) in [6, 6.07) is 0. The van der Waals surface area contributed by atoms with Crippen molar-refractivity contribution >= 4 is 7.82 Å². The maximum absolute atomic E-state index is 10.4. The molecule has 1 fully saturated rings. The van der Waals surface area contributed by atoms with Crippen molar-refractivity contribution in [3.63, 3.8) is 0 Å².